The van der Waals surface area contributed by atoms with Gasteiger partial charge in [0.25, 0.3) is 5.91 Å². The molecule has 1 N–H and O–H groups in total. The molecule has 4 nitrogen and oxygen atoms in total. The molecule has 1 atom stereocenters. The summed E-state index contributed by atoms with van der Waals surface area (Å²) in [6, 6.07) is 9.60. The minimum Gasteiger partial charge on any atom is -0.355 e. The van der Waals surface area contributed by atoms with E-state index in [0.29, 0.717) is 25.2 Å². The van der Waals surface area contributed by atoms with Crippen molar-refractivity contribution in [3.63, 3.8) is 0 Å². The van der Waals surface area contributed by atoms with E-state index in [-0.39, 0.29) is 23.5 Å². The molecule has 1 saturated heterocycles. The molecule has 1 aliphatic rings. The Labute approximate surface area is 150 Å². The zero-order valence-corrected chi connectivity index (χ0v) is 14.7. The Kier molecular flexibility index (Phi) is 5.81. The maximum atomic E-state index is 13.0. The zero-order chi connectivity index (χ0) is 17.6. The van der Waals surface area contributed by atoms with Crippen LogP contribution in [0, 0.1) is 11.7 Å². The van der Waals surface area contributed by atoms with Gasteiger partial charge in [0.05, 0.1) is 5.92 Å². The number of likely N-dealkylation sites (tertiary alicyclic amines) is 1. The highest BCUT2D eigenvalue weighted by Gasteiger charge is 2.28. The van der Waals surface area contributed by atoms with Crippen LogP contribution in [0.1, 0.15) is 28.1 Å². The van der Waals surface area contributed by atoms with E-state index in [1.165, 1.54) is 29.1 Å². The molecule has 6 heteroatoms. The average Bonchev–Trinajstić information content (AvgIpc) is 3.15. The van der Waals surface area contributed by atoms with E-state index in [2.05, 4.69) is 11.4 Å². The van der Waals surface area contributed by atoms with Crippen molar-refractivity contribution >= 4 is 23.2 Å². The van der Waals surface area contributed by atoms with Crippen molar-refractivity contribution in [2.45, 2.75) is 19.3 Å². The monoisotopic (exact) mass is 360 g/mol. The summed E-state index contributed by atoms with van der Waals surface area (Å²) >= 11 is 1.68. The van der Waals surface area contributed by atoms with Crippen molar-refractivity contribution in [1.29, 1.82) is 0 Å². The largest absolute Gasteiger partial charge is 0.355 e. The summed E-state index contributed by atoms with van der Waals surface area (Å²) in [7, 11) is 0. The van der Waals surface area contributed by atoms with Crippen LogP contribution in [0.3, 0.4) is 0 Å². The molecule has 2 heterocycles. The second-order valence-corrected chi connectivity index (χ2v) is 7.25. The van der Waals surface area contributed by atoms with Crippen molar-refractivity contribution in [2.75, 3.05) is 19.6 Å². The van der Waals surface area contributed by atoms with Crippen LogP contribution in [0.5, 0.6) is 0 Å². The molecule has 1 unspecified atom stereocenters. The third-order valence-corrected chi connectivity index (χ3v) is 5.36. The predicted octanol–water partition coefficient (Wildman–Crippen LogP) is 3.10. The number of benzene rings is 1. The maximum absolute atomic E-state index is 13.0. The normalized spacial score (nSPS) is 17.3. The number of rotatable bonds is 5. The second-order valence-electron chi connectivity index (χ2n) is 6.22. The van der Waals surface area contributed by atoms with Gasteiger partial charge in [-0.1, -0.05) is 6.07 Å². The van der Waals surface area contributed by atoms with Gasteiger partial charge in [0.1, 0.15) is 5.82 Å². The Morgan fingerprint density at radius 2 is 2.04 bits per heavy atom. The molecule has 0 radical (unpaired) electrons. The van der Waals surface area contributed by atoms with E-state index in [0.717, 1.165) is 19.3 Å². The van der Waals surface area contributed by atoms with E-state index >= 15 is 0 Å². The lowest BCUT2D eigenvalue weighted by Crippen LogP contribution is -2.45. The van der Waals surface area contributed by atoms with Crippen LogP contribution < -0.4 is 5.32 Å². The molecule has 0 aliphatic carbocycles. The first kappa shape index (κ1) is 17.6. The van der Waals surface area contributed by atoms with E-state index in [1.807, 2.05) is 11.4 Å². The number of thiophene rings is 1. The Balaban J connectivity index is 1.52. The van der Waals surface area contributed by atoms with Crippen LogP contribution in [-0.4, -0.2) is 36.3 Å². The third-order valence-electron chi connectivity index (χ3n) is 4.42. The van der Waals surface area contributed by atoms with Crippen LogP contribution >= 0.6 is 11.3 Å². The van der Waals surface area contributed by atoms with Crippen molar-refractivity contribution in [3.8, 4) is 0 Å². The summed E-state index contributed by atoms with van der Waals surface area (Å²) in [6.45, 7) is 1.66. The molecule has 1 fully saturated rings. The Morgan fingerprint density at radius 1 is 1.24 bits per heavy atom. The lowest BCUT2D eigenvalue weighted by Gasteiger charge is -2.32. The SMILES string of the molecule is O=C(NCCc1cccs1)C1CCCN(C(=O)c2ccc(F)cc2)C1. The van der Waals surface area contributed by atoms with E-state index in [9.17, 15) is 14.0 Å². The van der Waals surface area contributed by atoms with Crippen LogP contribution in [0.15, 0.2) is 41.8 Å². The first-order valence-electron chi connectivity index (χ1n) is 8.48. The highest BCUT2D eigenvalue weighted by Crippen LogP contribution is 2.19. The van der Waals surface area contributed by atoms with E-state index in [4.69, 9.17) is 0 Å². The number of halogens is 1. The molecule has 0 spiro atoms. The fourth-order valence-electron chi connectivity index (χ4n) is 3.06. The summed E-state index contributed by atoms with van der Waals surface area (Å²) in [5.74, 6) is -0.677. The van der Waals surface area contributed by atoms with Crippen molar-refractivity contribution in [2.24, 2.45) is 5.92 Å². The van der Waals surface area contributed by atoms with Gasteiger partial charge < -0.3 is 10.2 Å². The quantitative estimate of drug-likeness (QED) is 0.891. The number of hydrogen-bond donors (Lipinski definition) is 1. The molecule has 1 aromatic carbocycles. The lowest BCUT2D eigenvalue weighted by atomic mass is 9.96. The van der Waals surface area contributed by atoms with Gasteiger partial charge in [0, 0.05) is 30.1 Å². The van der Waals surface area contributed by atoms with Crippen molar-refractivity contribution < 1.29 is 14.0 Å². The highest BCUT2D eigenvalue weighted by molar-refractivity contribution is 7.09. The van der Waals surface area contributed by atoms with Gasteiger partial charge in [-0.3, -0.25) is 9.59 Å². The number of carbonyl (C=O) groups is 2. The molecule has 1 aliphatic heterocycles. The summed E-state index contributed by atoms with van der Waals surface area (Å²) in [6.07, 6.45) is 2.42. The number of hydrogen-bond acceptors (Lipinski definition) is 3. The smallest absolute Gasteiger partial charge is 0.253 e. The van der Waals surface area contributed by atoms with Crippen LogP contribution in [0.4, 0.5) is 4.39 Å². The maximum Gasteiger partial charge on any atom is 0.253 e. The standard InChI is InChI=1S/C19H21FN2O2S/c20-16-7-5-14(6-8-16)19(24)22-11-1-3-15(13-22)18(23)21-10-9-17-4-2-12-25-17/h2,4-8,12,15H,1,3,9-11,13H2,(H,21,23). The van der Waals surface area contributed by atoms with E-state index < -0.39 is 0 Å². The Bertz CT molecular complexity index is 716. The lowest BCUT2D eigenvalue weighted by molar-refractivity contribution is -0.126. The van der Waals surface area contributed by atoms with E-state index in [1.54, 1.807) is 16.2 Å². The highest BCUT2D eigenvalue weighted by atomic mass is 32.1. The van der Waals surface area contributed by atoms with Crippen molar-refractivity contribution in [1.82, 2.24) is 10.2 Å². The van der Waals surface area contributed by atoms with Crippen LogP contribution in [0.25, 0.3) is 0 Å². The predicted molar refractivity (Wildman–Crippen MR) is 96.1 cm³/mol. The number of amides is 2. The number of piperidine rings is 1. The fraction of sp³-hybridized carbons (Fsp3) is 0.368. The van der Waals surface area contributed by atoms with Gasteiger partial charge in [-0.05, 0) is 55.0 Å². The number of nitrogens with zero attached hydrogens (tertiary/aromatic N) is 1. The van der Waals surface area contributed by atoms with Gasteiger partial charge in [-0.25, -0.2) is 4.39 Å². The summed E-state index contributed by atoms with van der Waals surface area (Å²) < 4.78 is 13.0. The Morgan fingerprint density at radius 3 is 2.76 bits per heavy atom. The summed E-state index contributed by atoms with van der Waals surface area (Å²) in [4.78, 5) is 27.8. The number of carbonyl (C=O) groups excluding carboxylic acids is 2. The minimum atomic E-state index is -0.363. The van der Waals surface area contributed by atoms with Gasteiger partial charge in [0.15, 0.2) is 0 Å². The van der Waals surface area contributed by atoms with Crippen LogP contribution in [0.2, 0.25) is 0 Å². The zero-order valence-electron chi connectivity index (χ0n) is 13.9. The van der Waals surface area contributed by atoms with Gasteiger partial charge in [-0.15, -0.1) is 11.3 Å². The molecule has 1 aromatic heterocycles. The molecule has 2 aromatic rings. The molecule has 3 rings (SSSR count). The molecular weight excluding hydrogens is 339 g/mol. The molecule has 25 heavy (non-hydrogen) atoms. The second kappa shape index (κ2) is 8.25. The minimum absolute atomic E-state index is 0.00756. The average molecular weight is 360 g/mol. The molecule has 0 saturated carbocycles. The summed E-state index contributed by atoms with van der Waals surface area (Å²) in [5.41, 5.74) is 0.458. The first-order chi connectivity index (χ1) is 12.1. The van der Waals surface area contributed by atoms with Gasteiger partial charge in [0.2, 0.25) is 5.91 Å². The third kappa shape index (κ3) is 4.66. The first-order valence-corrected chi connectivity index (χ1v) is 9.36. The van der Waals surface area contributed by atoms with Gasteiger partial charge >= 0.3 is 0 Å². The fourth-order valence-corrected chi connectivity index (χ4v) is 3.77. The van der Waals surface area contributed by atoms with Gasteiger partial charge in [-0.2, -0.15) is 0 Å². The summed E-state index contributed by atoms with van der Waals surface area (Å²) in [5, 5.41) is 5.00. The van der Waals surface area contributed by atoms with Crippen LogP contribution in [-0.2, 0) is 11.2 Å². The Hall–Kier alpha value is -2.21. The van der Waals surface area contributed by atoms with Crippen molar-refractivity contribution in [3.05, 3.63) is 58.0 Å². The molecule has 132 valence electrons. The molecular formula is C19H21FN2O2S. The molecule has 0 bridgehead atoms. The number of nitrogens with one attached hydrogen (secondary N) is 1. The molecule has 2 amide bonds. The topological polar surface area (TPSA) is 49.4 Å².